The molecule has 0 saturated carbocycles. The second kappa shape index (κ2) is 2.49. The van der Waals surface area contributed by atoms with Crippen molar-refractivity contribution in [1.82, 2.24) is 0 Å². The summed E-state index contributed by atoms with van der Waals surface area (Å²) in [5.74, 6) is 0. The van der Waals surface area contributed by atoms with E-state index in [1.54, 1.807) is 0 Å². The van der Waals surface area contributed by atoms with Gasteiger partial charge < -0.3 is 4.42 Å². The second-order valence-corrected chi connectivity index (χ2v) is 4.68. The van der Waals surface area contributed by atoms with Crippen molar-refractivity contribution in [2.75, 3.05) is 0 Å². The number of hydrogen-bond acceptors (Lipinski definition) is 1. The van der Waals surface area contributed by atoms with Gasteiger partial charge in [0, 0.05) is 19.7 Å². The highest BCUT2D eigenvalue weighted by molar-refractivity contribution is 9.13. The predicted molar refractivity (Wildman–Crippen MR) is 60.3 cm³/mol. The molecule has 3 aromatic rings. The van der Waals surface area contributed by atoms with Gasteiger partial charge in [-0.3, -0.25) is 0 Å². The molecule has 0 fully saturated rings. The van der Waals surface area contributed by atoms with E-state index in [1.165, 1.54) is 10.8 Å². The van der Waals surface area contributed by atoms with Gasteiger partial charge >= 0.3 is 0 Å². The summed E-state index contributed by atoms with van der Waals surface area (Å²) >= 11 is 6.94. The Labute approximate surface area is 91.3 Å². The van der Waals surface area contributed by atoms with E-state index >= 15 is 0 Å². The molecule has 1 aromatic carbocycles. The molecule has 0 aliphatic carbocycles. The first-order valence-electron chi connectivity index (χ1n) is 3.85. The molecule has 0 spiro atoms. The number of benzene rings is 2. The summed E-state index contributed by atoms with van der Waals surface area (Å²) in [6, 6.07) is 8.15. The summed E-state index contributed by atoms with van der Waals surface area (Å²) in [4.78, 5) is 0. The number of fused-ring (bicyclic) bond motifs is 5. The Hall–Kier alpha value is -0.540. The molecule has 0 unspecified atom stereocenters. The standard InChI is InChI=1S/C10H4Br2O/c11-7-3-5-6(4-8(7)12)10-2-1-9(5)13-10/h1-4H. The van der Waals surface area contributed by atoms with Gasteiger partial charge in [0.15, 0.2) is 0 Å². The van der Waals surface area contributed by atoms with Gasteiger partial charge in [0.1, 0.15) is 11.2 Å². The zero-order chi connectivity index (χ0) is 9.00. The summed E-state index contributed by atoms with van der Waals surface area (Å²) in [5.41, 5.74) is 1.91. The lowest BCUT2D eigenvalue weighted by Gasteiger charge is -1.96. The number of rotatable bonds is 0. The van der Waals surface area contributed by atoms with E-state index in [9.17, 15) is 0 Å². The Kier molecular flexibility index (Phi) is 1.50. The molecule has 0 aliphatic rings. The van der Waals surface area contributed by atoms with Crippen molar-refractivity contribution >= 4 is 53.8 Å². The topological polar surface area (TPSA) is 13.1 Å². The lowest BCUT2D eigenvalue weighted by atomic mass is 10.1. The van der Waals surface area contributed by atoms with Crippen LogP contribution in [0.3, 0.4) is 0 Å². The number of furan rings is 2. The Balaban J connectivity index is 2.61. The molecular weight excluding hydrogens is 296 g/mol. The van der Waals surface area contributed by atoms with Crippen LogP contribution in [0.5, 0.6) is 0 Å². The molecule has 0 N–H and O–H groups in total. The van der Waals surface area contributed by atoms with E-state index in [1.807, 2.05) is 12.1 Å². The van der Waals surface area contributed by atoms with Crippen LogP contribution in [0.2, 0.25) is 0 Å². The molecule has 2 heterocycles. The van der Waals surface area contributed by atoms with E-state index in [0.717, 1.165) is 20.1 Å². The molecule has 0 amide bonds. The van der Waals surface area contributed by atoms with Crippen molar-refractivity contribution in [3.05, 3.63) is 33.2 Å². The minimum atomic E-state index is 0.957. The van der Waals surface area contributed by atoms with Gasteiger partial charge in [0.25, 0.3) is 0 Å². The lowest BCUT2D eigenvalue weighted by molar-refractivity contribution is 0.679. The quantitative estimate of drug-likeness (QED) is 0.593. The molecule has 13 heavy (non-hydrogen) atoms. The van der Waals surface area contributed by atoms with Gasteiger partial charge in [-0.1, -0.05) is 0 Å². The van der Waals surface area contributed by atoms with Crippen LogP contribution in [-0.2, 0) is 0 Å². The SMILES string of the molecule is Brc1cc2c3ccc(o3)c2cc1Br. The third-order valence-electron chi connectivity index (χ3n) is 2.20. The van der Waals surface area contributed by atoms with Crippen molar-refractivity contribution in [3.8, 4) is 0 Å². The van der Waals surface area contributed by atoms with E-state index in [2.05, 4.69) is 44.0 Å². The summed E-state index contributed by atoms with van der Waals surface area (Å²) in [6.45, 7) is 0. The minimum Gasteiger partial charge on any atom is -0.456 e. The largest absolute Gasteiger partial charge is 0.456 e. The van der Waals surface area contributed by atoms with E-state index in [0.29, 0.717) is 0 Å². The normalized spacial score (nSPS) is 11.8. The highest BCUT2D eigenvalue weighted by Crippen LogP contribution is 2.36. The fraction of sp³-hybridized carbons (Fsp3) is 0. The van der Waals surface area contributed by atoms with Crippen molar-refractivity contribution in [2.24, 2.45) is 0 Å². The molecule has 1 nitrogen and oxygen atoms in total. The van der Waals surface area contributed by atoms with Crippen LogP contribution < -0.4 is 0 Å². The van der Waals surface area contributed by atoms with Gasteiger partial charge in [0.05, 0.1) is 0 Å². The van der Waals surface area contributed by atoms with Crippen LogP contribution in [0, 0.1) is 0 Å². The molecule has 64 valence electrons. The maximum atomic E-state index is 5.53. The zero-order valence-electron chi connectivity index (χ0n) is 6.47. The molecule has 3 heteroatoms. The van der Waals surface area contributed by atoms with Crippen LogP contribution in [0.15, 0.2) is 37.6 Å². The van der Waals surface area contributed by atoms with Crippen molar-refractivity contribution in [2.45, 2.75) is 0 Å². The second-order valence-electron chi connectivity index (χ2n) is 2.98. The summed E-state index contributed by atoms with van der Waals surface area (Å²) < 4.78 is 7.65. The molecule has 0 aliphatic heterocycles. The third-order valence-corrected chi connectivity index (χ3v) is 4.04. The van der Waals surface area contributed by atoms with Crippen LogP contribution in [0.4, 0.5) is 0 Å². The van der Waals surface area contributed by atoms with Gasteiger partial charge in [-0.05, 0) is 56.1 Å². The molecule has 2 bridgehead atoms. The van der Waals surface area contributed by atoms with Gasteiger partial charge in [0.2, 0.25) is 0 Å². The number of halogens is 2. The summed E-state index contributed by atoms with van der Waals surface area (Å²) in [7, 11) is 0. The van der Waals surface area contributed by atoms with Crippen molar-refractivity contribution in [3.63, 3.8) is 0 Å². The van der Waals surface area contributed by atoms with E-state index < -0.39 is 0 Å². The average Bonchev–Trinajstić information content (AvgIpc) is 2.67. The summed E-state index contributed by atoms with van der Waals surface area (Å²) in [5, 5.41) is 2.35. The van der Waals surface area contributed by atoms with E-state index in [-0.39, 0.29) is 0 Å². The highest BCUT2D eigenvalue weighted by Gasteiger charge is 2.10. The monoisotopic (exact) mass is 298 g/mol. The fourth-order valence-corrected chi connectivity index (χ4v) is 2.27. The van der Waals surface area contributed by atoms with Gasteiger partial charge in [-0.25, -0.2) is 0 Å². The first-order valence-corrected chi connectivity index (χ1v) is 5.44. The van der Waals surface area contributed by atoms with Gasteiger partial charge in [-0.2, -0.15) is 0 Å². The molecular formula is C10H4Br2O. The number of hydrogen-bond donors (Lipinski definition) is 0. The maximum absolute atomic E-state index is 5.53. The fourth-order valence-electron chi connectivity index (χ4n) is 1.58. The first kappa shape index (κ1) is 7.83. The van der Waals surface area contributed by atoms with Crippen LogP contribution in [0.25, 0.3) is 21.9 Å². The van der Waals surface area contributed by atoms with Crippen LogP contribution in [-0.4, -0.2) is 0 Å². The van der Waals surface area contributed by atoms with Gasteiger partial charge in [-0.15, -0.1) is 0 Å². The Morgan fingerprint density at radius 1 is 0.846 bits per heavy atom. The van der Waals surface area contributed by atoms with E-state index in [4.69, 9.17) is 4.42 Å². The Morgan fingerprint density at radius 2 is 1.31 bits per heavy atom. The predicted octanol–water partition coefficient (Wildman–Crippen LogP) is 4.55. The average molecular weight is 300 g/mol. The molecule has 0 radical (unpaired) electrons. The smallest absolute Gasteiger partial charge is 0.135 e. The van der Waals surface area contributed by atoms with Crippen LogP contribution >= 0.6 is 31.9 Å². The lowest BCUT2D eigenvalue weighted by Crippen LogP contribution is -1.72. The molecule has 3 rings (SSSR count). The zero-order valence-corrected chi connectivity index (χ0v) is 9.65. The molecule has 0 atom stereocenters. The first-order chi connectivity index (χ1) is 6.25. The summed E-state index contributed by atoms with van der Waals surface area (Å²) in [6.07, 6.45) is 0. The maximum Gasteiger partial charge on any atom is 0.135 e. The molecule has 0 saturated heterocycles. The Bertz CT molecular complexity index is 532. The van der Waals surface area contributed by atoms with Crippen LogP contribution in [0.1, 0.15) is 0 Å². The minimum absolute atomic E-state index is 0.957. The highest BCUT2D eigenvalue weighted by atomic mass is 79.9. The molecule has 2 aromatic heterocycles. The van der Waals surface area contributed by atoms with Crippen molar-refractivity contribution < 1.29 is 4.42 Å². The third kappa shape index (κ3) is 0.973. The van der Waals surface area contributed by atoms with Crippen molar-refractivity contribution in [1.29, 1.82) is 0 Å². The Morgan fingerprint density at radius 3 is 1.77 bits per heavy atom.